The van der Waals surface area contributed by atoms with Crippen LogP contribution in [0, 0.1) is 11.3 Å². The summed E-state index contributed by atoms with van der Waals surface area (Å²) < 4.78 is 5.15. The summed E-state index contributed by atoms with van der Waals surface area (Å²) in [7, 11) is 1.53. The summed E-state index contributed by atoms with van der Waals surface area (Å²) in [4.78, 5) is 12.0. The lowest BCUT2D eigenvalue weighted by molar-refractivity contribution is 0.250. The predicted molar refractivity (Wildman–Crippen MR) is 79.9 cm³/mol. The molecule has 106 valence electrons. The molecule has 2 amide bonds. The van der Waals surface area contributed by atoms with E-state index in [2.05, 4.69) is 16.7 Å². The summed E-state index contributed by atoms with van der Waals surface area (Å²) in [5.41, 5.74) is 1.28. The fourth-order valence-corrected chi connectivity index (χ4v) is 1.87. The second-order valence-corrected chi connectivity index (χ2v) is 4.27. The molecule has 5 nitrogen and oxygen atoms in total. The van der Waals surface area contributed by atoms with Gasteiger partial charge in [0.25, 0.3) is 0 Å². The van der Waals surface area contributed by atoms with Gasteiger partial charge in [0.05, 0.1) is 18.9 Å². The third kappa shape index (κ3) is 3.74. The molecule has 2 aromatic carbocycles. The van der Waals surface area contributed by atoms with Crippen LogP contribution in [0.4, 0.5) is 10.5 Å². The van der Waals surface area contributed by atoms with E-state index in [-0.39, 0.29) is 0 Å². The minimum atomic E-state index is -0.707. The molecule has 5 heteroatoms. The van der Waals surface area contributed by atoms with E-state index in [0.29, 0.717) is 11.4 Å². The Hall–Kier alpha value is -3.00. The number of nitriles is 1. The molecule has 0 aliphatic heterocycles. The molecule has 0 aliphatic carbocycles. The zero-order chi connectivity index (χ0) is 15.1. The van der Waals surface area contributed by atoms with Crippen LogP contribution in [0.2, 0.25) is 0 Å². The van der Waals surface area contributed by atoms with Gasteiger partial charge in [-0.25, -0.2) is 4.79 Å². The van der Waals surface area contributed by atoms with Gasteiger partial charge in [-0.05, 0) is 17.7 Å². The van der Waals surface area contributed by atoms with Crippen LogP contribution in [0.1, 0.15) is 11.6 Å². The molecule has 0 saturated carbocycles. The zero-order valence-electron chi connectivity index (χ0n) is 11.5. The number of nitrogens with one attached hydrogen (secondary N) is 2. The first-order chi connectivity index (χ1) is 10.2. The smallest absolute Gasteiger partial charge is 0.320 e. The van der Waals surface area contributed by atoms with Crippen molar-refractivity contribution in [3.63, 3.8) is 0 Å². The van der Waals surface area contributed by atoms with Crippen LogP contribution < -0.4 is 15.4 Å². The Kier molecular flexibility index (Phi) is 4.78. The molecule has 21 heavy (non-hydrogen) atoms. The number of carbonyl (C=O) groups is 1. The van der Waals surface area contributed by atoms with Crippen molar-refractivity contribution < 1.29 is 9.53 Å². The number of hydrogen-bond acceptors (Lipinski definition) is 3. The highest BCUT2D eigenvalue weighted by Gasteiger charge is 2.14. The Balaban J connectivity index is 2.06. The quantitative estimate of drug-likeness (QED) is 0.904. The Bertz CT molecular complexity index is 650. The summed E-state index contributed by atoms with van der Waals surface area (Å²) in [6.45, 7) is 0. The summed E-state index contributed by atoms with van der Waals surface area (Å²) in [6, 6.07) is 17.0. The van der Waals surface area contributed by atoms with Crippen molar-refractivity contribution in [1.29, 1.82) is 5.26 Å². The topological polar surface area (TPSA) is 74.2 Å². The van der Waals surface area contributed by atoms with Crippen LogP contribution in [-0.4, -0.2) is 13.1 Å². The van der Waals surface area contributed by atoms with Crippen molar-refractivity contribution in [3.05, 3.63) is 60.2 Å². The number of ether oxygens (including phenoxy) is 1. The van der Waals surface area contributed by atoms with Gasteiger partial charge >= 0.3 is 6.03 Å². The van der Waals surface area contributed by atoms with E-state index in [1.165, 1.54) is 7.11 Å². The number of benzene rings is 2. The Morgan fingerprint density at radius 1 is 1.14 bits per heavy atom. The van der Waals surface area contributed by atoms with Crippen molar-refractivity contribution in [2.45, 2.75) is 6.04 Å². The second kappa shape index (κ2) is 6.96. The number of nitrogens with zero attached hydrogens (tertiary/aromatic N) is 1. The second-order valence-electron chi connectivity index (χ2n) is 4.27. The van der Waals surface area contributed by atoms with Crippen LogP contribution in [-0.2, 0) is 0 Å². The van der Waals surface area contributed by atoms with Crippen LogP contribution in [0.15, 0.2) is 54.6 Å². The molecule has 0 spiro atoms. The first-order valence-electron chi connectivity index (χ1n) is 6.39. The molecule has 2 rings (SSSR count). The molecule has 0 bridgehead atoms. The van der Waals surface area contributed by atoms with Gasteiger partial charge in [-0.3, -0.25) is 0 Å². The number of para-hydroxylation sites is 2. The lowest BCUT2D eigenvalue weighted by atomic mass is 10.1. The highest BCUT2D eigenvalue weighted by Crippen LogP contribution is 2.23. The predicted octanol–water partition coefficient (Wildman–Crippen LogP) is 3.08. The standard InChI is InChI=1S/C16H15N3O2/c1-21-15-10-6-5-9-13(15)18-16(20)19-14(11-17)12-7-3-2-4-8-12/h2-10,14H,1H3,(H2,18,19,20). The Morgan fingerprint density at radius 2 is 1.81 bits per heavy atom. The minimum absolute atomic E-state index is 0.463. The van der Waals surface area contributed by atoms with E-state index in [0.717, 1.165) is 5.56 Å². The summed E-state index contributed by atoms with van der Waals surface area (Å²) in [5.74, 6) is 0.556. The maximum absolute atomic E-state index is 12.0. The SMILES string of the molecule is COc1ccccc1NC(=O)NC(C#N)c1ccccc1. The lowest BCUT2D eigenvalue weighted by Crippen LogP contribution is -2.32. The first kappa shape index (κ1) is 14.4. The largest absolute Gasteiger partial charge is 0.495 e. The first-order valence-corrected chi connectivity index (χ1v) is 6.39. The number of amides is 2. The normalized spacial score (nSPS) is 11.0. The minimum Gasteiger partial charge on any atom is -0.495 e. The summed E-state index contributed by atoms with van der Waals surface area (Å²) in [6.07, 6.45) is 0. The average molecular weight is 281 g/mol. The van der Waals surface area contributed by atoms with E-state index in [1.807, 2.05) is 24.3 Å². The summed E-state index contributed by atoms with van der Waals surface area (Å²) in [5, 5.41) is 14.5. The van der Waals surface area contributed by atoms with Gasteiger partial charge in [0.2, 0.25) is 0 Å². The monoisotopic (exact) mass is 281 g/mol. The van der Waals surface area contributed by atoms with Crippen LogP contribution in [0.25, 0.3) is 0 Å². The van der Waals surface area contributed by atoms with Gasteiger partial charge in [-0.15, -0.1) is 0 Å². The number of carbonyl (C=O) groups excluding carboxylic acids is 1. The molecule has 0 aliphatic rings. The molecule has 0 saturated heterocycles. The molecule has 0 radical (unpaired) electrons. The van der Waals surface area contributed by atoms with Gasteiger partial charge in [0.15, 0.2) is 0 Å². The van der Waals surface area contributed by atoms with Crippen LogP contribution in [0.3, 0.4) is 0 Å². The van der Waals surface area contributed by atoms with Gasteiger partial charge in [-0.1, -0.05) is 42.5 Å². The van der Waals surface area contributed by atoms with E-state index in [1.54, 1.807) is 30.3 Å². The van der Waals surface area contributed by atoms with Gasteiger partial charge in [-0.2, -0.15) is 5.26 Å². The molecule has 1 unspecified atom stereocenters. The van der Waals surface area contributed by atoms with Crippen molar-refractivity contribution in [2.24, 2.45) is 0 Å². The molecule has 1 atom stereocenters. The highest BCUT2D eigenvalue weighted by atomic mass is 16.5. The van der Waals surface area contributed by atoms with Gasteiger partial charge in [0.1, 0.15) is 11.8 Å². The van der Waals surface area contributed by atoms with Crippen LogP contribution in [0.5, 0.6) is 5.75 Å². The maximum Gasteiger partial charge on any atom is 0.320 e. The zero-order valence-corrected chi connectivity index (χ0v) is 11.5. The summed E-state index contributed by atoms with van der Waals surface area (Å²) >= 11 is 0. The van der Waals surface area contributed by atoms with Crippen molar-refractivity contribution in [3.8, 4) is 11.8 Å². The fraction of sp³-hybridized carbons (Fsp3) is 0.125. The van der Waals surface area contributed by atoms with Gasteiger partial charge < -0.3 is 15.4 Å². The maximum atomic E-state index is 12.0. The third-order valence-corrected chi connectivity index (χ3v) is 2.89. The number of hydrogen-bond donors (Lipinski definition) is 2. The highest BCUT2D eigenvalue weighted by molar-refractivity contribution is 5.91. The van der Waals surface area contributed by atoms with Gasteiger partial charge in [0, 0.05) is 0 Å². The van der Waals surface area contributed by atoms with E-state index >= 15 is 0 Å². The fourth-order valence-electron chi connectivity index (χ4n) is 1.87. The molecule has 2 N–H and O–H groups in total. The third-order valence-electron chi connectivity index (χ3n) is 2.89. The number of urea groups is 1. The Labute approximate surface area is 123 Å². The molecule has 0 heterocycles. The molecule has 0 fully saturated rings. The van der Waals surface area contributed by atoms with E-state index in [4.69, 9.17) is 4.74 Å². The number of methoxy groups -OCH3 is 1. The molecule has 0 aromatic heterocycles. The molecule has 2 aromatic rings. The van der Waals surface area contributed by atoms with E-state index < -0.39 is 12.1 Å². The average Bonchev–Trinajstić information content (AvgIpc) is 2.54. The van der Waals surface area contributed by atoms with Crippen molar-refractivity contribution >= 4 is 11.7 Å². The van der Waals surface area contributed by atoms with Crippen molar-refractivity contribution in [2.75, 3.05) is 12.4 Å². The van der Waals surface area contributed by atoms with Crippen LogP contribution >= 0.6 is 0 Å². The lowest BCUT2D eigenvalue weighted by Gasteiger charge is -2.14. The van der Waals surface area contributed by atoms with E-state index in [9.17, 15) is 10.1 Å². The van der Waals surface area contributed by atoms with Crippen molar-refractivity contribution in [1.82, 2.24) is 5.32 Å². The molecular weight excluding hydrogens is 266 g/mol. The Morgan fingerprint density at radius 3 is 2.48 bits per heavy atom. The molecular formula is C16H15N3O2. The number of anilines is 1. The number of rotatable bonds is 4.